The molecule has 0 saturated heterocycles. The summed E-state index contributed by atoms with van der Waals surface area (Å²) in [6, 6.07) is 17.9. The van der Waals surface area contributed by atoms with E-state index in [0.717, 1.165) is 21.3 Å². The maximum atomic E-state index is 4.35. The van der Waals surface area contributed by atoms with Gasteiger partial charge in [0, 0.05) is 28.1 Å². The number of nitrogens with zero attached hydrogens (tertiary/aromatic N) is 2. The van der Waals surface area contributed by atoms with Crippen LogP contribution in [0.2, 0.25) is 0 Å². The largest absolute Gasteiger partial charge is 0.324 e. The minimum absolute atomic E-state index is 0.590. The summed E-state index contributed by atoms with van der Waals surface area (Å²) in [6.45, 7) is 0. The Morgan fingerprint density at radius 3 is 2.15 bits per heavy atom. The van der Waals surface area contributed by atoms with E-state index >= 15 is 0 Å². The van der Waals surface area contributed by atoms with Crippen molar-refractivity contribution in [2.45, 2.75) is 0 Å². The minimum Gasteiger partial charge on any atom is -0.324 e. The molecular weight excluding hydrogens is 314 g/mol. The highest BCUT2D eigenvalue weighted by Crippen LogP contribution is 2.27. The van der Waals surface area contributed by atoms with Gasteiger partial charge < -0.3 is 5.32 Å². The van der Waals surface area contributed by atoms with E-state index in [4.69, 9.17) is 0 Å². The Morgan fingerprint density at radius 2 is 1.45 bits per heavy atom. The van der Waals surface area contributed by atoms with Crippen LogP contribution in [0.1, 0.15) is 0 Å². The van der Waals surface area contributed by atoms with Crippen LogP contribution in [0.4, 0.5) is 11.6 Å². The van der Waals surface area contributed by atoms with Crippen molar-refractivity contribution in [1.82, 2.24) is 9.97 Å². The van der Waals surface area contributed by atoms with Gasteiger partial charge in [0.15, 0.2) is 0 Å². The molecule has 0 fully saturated rings. The first-order chi connectivity index (χ1) is 9.83. The molecule has 3 rings (SSSR count). The summed E-state index contributed by atoms with van der Waals surface area (Å²) in [7, 11) is 0. The molecule has 2 aromatic carbocycles. The summed E-state index contributed by atoms with van der Waals surface area (Å²) >= 11 is 3.53. The van der Waals surface area contributed by atoms with Gasteiger partial charge in [-0.1, -0.05) is 52.3 Å². The predicted molar refractivity (Wildman–Crippen MR) is 84.9 cm³/mol. The maximum Gasteiger partial charge on any atom is 0.227 e. The van der Waals surface area contributed by atoms with Gasteiger partial charge in [0.25, 0.3) is 0 Å². The number of aromatic nitrogens is 2. The molecule has 0 aliphatic rings. The fourth-order valence-electron chi connectivity index (χ4n) is 1.88. The number of halogens is 1. The van der Waals surface area contributed by atoms with Gasteiger partial charge in [-0.2, -0.15) is 0 Å². The molecule has 0 amide bonds. The highest BCUT2D eigenvalue weighted by molar-refractivity contribution is 9.10. The number of nitrogens with one attached hydrogen (secondary N) is 1. The molecule has 4 heteroatoms. The third-order valence-corrected chi connectivity index (χ3v) is 3.56. The van der Waals surface area contributed by atoms with Crippen LogP contribution in [0.5, 0.6) is 0 Å². The highest BCUT2D eigenvalue weighted by Gasteiger charge is 2.04. The van der Waals surface area contributed by atoms with E-state index in [-0.39, 0.29) is 0 Å². The van der Waals surface area contributed by atoms with Gasteiger partial charge in [0.1, 0.15) is 0 Å². The topological polar surface area (TPSA) is 37.8 Å². The van der Waals surface area contributed by atoms with Crippen molar-refractivity contribution in [1.29, 1.82) is 0 Å². The van der Waals surface area contributed by atoms with Crippen molar-refractivity contribution in [3.05, 3.63) is 71.5 Å². The molecule has 0 bridgehead atoms. The number of benzene rings is 2. The SMILES string of the molecule is Brc1ccccc1-c1cnc(Nc2ccccc2)nc1. The van der Waals surface area contributed by atoms with Crippen molar-refractivity contribution in [3.63, 3.8) is 0 Å². The van der Waals surface area contributed by atoms with E-state index in [9.17, 15) is 0 Å². The molecule has 1 aromatic heterocycles. The molecule has 0 atom stereocenters. The quantitative estimate of drug-likeness (QED) is 0.761. The van der Waals surface area contributed by atoms with Crippen LogP contribution in [-0.4, -0.2) is 9.97 Å². The van der Waals surface area contributed by atoms with Gasteiger partial charge in [-0.25, -0.2) is 9.97 Å². The van der Waals surface area contributed by atoms with E-state index in [1.807, 2.05) is 67.0 Å². The lowest BCUT2D eigenvalue weighted by Gasteiger charge is -2.06. The molecular formula is C16H12BrN3. The first kappa shape index (κ1) is 12.8. The number of para-hydroxylation sites is 1. The molecule has 0 saturated carbocycles. The monoisotopic (exact) mass is 325 g/mol. The first-order valence-electron chi connectivity index (χ1n) is 6.22. The van der Waals surface area contributed by atoms with E-state index < -0.39 is 0 Å². The van der Waals surface area contributed by atoms with E-state index in [1.54, 1.807) is 0 Å². The lowest BCUT2D eigenvalue weighted by molar-refractivity contribution is 1.17. The van der Waals surface area contributed by atoms with Crippen molar-refractivity contribution in [2.24, 2.45) is 0 Å². The van der Waals surface area contributed by atoms with Crippen molar-refractivity contribution in [2.75, 3.05) is 5.32 Å². The zero-order valence-corrected chi connectivity index (χ0v) is 12.2. The van der Waals surface area contributed by atoms with E-state index in [2.05, 4.69) is 31.2 Å². The van der Waals surface area contributed by atoms with Gasteiger partial charge in [0.05, 0.1) is 0 Å². The second-order valence-corrected chi connectivity index (χ2v) is 5.12. The second kappa shape index (κ2) is 5.84. The molecule has 1 N–H and O–H groups in total. The Hall–Kier alpha value is -2.20. The molecule has 0 aliphatic carbocycles. The summed E-state index contributed by atoms with van der Waals surface area (Å²) in [5, 5.41) is 3.16. The summed E-state index contributed by atoms with van der Waals surface area (Å²) < 4.78 is 1.03. The third kappa shape index (κ3) is 2.86. The van der Waals surface area contributed by atoms with Gasteiger partial charge >= 0.3 is 0 Å². The average Bonchev–Trinajstić information content (AvgIpc) is 2.50. The van der Waals surface area contributed by atoms with E-state index in [1.165, 1.54) is 0 Å². The fraction of sp³-hybridized carbons (Fsp3) is 0. The summed E-state index contributed by atoms with van der Waals surface area (Å²) in [4.78, 5) is 8.70. The maximum absolute atomic E-state index is 4.35. The summed E-state index contributed by atoms with van der Waals surface area (Å²) in [6.07, 6.45) is 3.64. The van der Waals surface area contributed by atoms with Crippen LogP contribution in [0.15, 0.2) is 71.5 Å². The van der Waals surface area contributed by atoms with Crippen molar-refractivity contribution in [3.8, 4) is 11.1 Å². The number of rotatable bonds is 3. The van der Waals surface area contributed by atoms with Gasteiger partial charge in [-0.05, 0) is 23.8 Å². The molecule has 98 valence electrons. The highest BCUT2D eigenvalue weighted by atomic mass is 79.9. The normalized spacial score (nSPS) is 10.2. The number of hydrogen-bond acceptors (Lipinski definition) is 3. The van der Waals surface area contributed by atoms with Crippen LogP contribution in [0, 0.1) is 0 Å². The molecule has 3 aromatic rings. The Labute approximate surface area is 125 Å². The molecule has 0 unspecified atom stereocenters. The van der Waals surface area contributed by atoms with Gasteiger partial charge in [-0.15, -0.1) is 0 Å². The van der Waals surface area contributed by atoms with Crippen LogP contribution in [0.25, 0.3) is 11.1 Å². The van der Waals surface area contributed by atoms with Crippen molar-refractivity contribution >= 4 is 27.6 Å². The van der Waals surface area contributed by atoms with Crippen LogP contribution in [0.3, 0.4) is 0 Å². The average molecular weight is 326 g/mol. The standard InChI is InChI=1S/C16H12BrN3/c17-15-9-5-4-8-14(15)12-10-18-16(19-11-12)20-13-6-2-1-3-7-13/h1-11H,(H,18,19,20). The Balaban J connectivity index is 1.83. The smallest absolute Gasteiger partial charge is 0.227 e. The van der Waals surface area contributed by atoms with Gasteiger partial charge in [-0.3, -0.25) is 0 Å². The molecule has 0 aliphatic heterocycles. The number of hydrogen-bond donors (Lipinski definition) is 1. The Morgan fingerprint density at radius 1 is 0.800 bits per heavy atom. The summed E-state index contributed by atoms with van der Waals surface area (Å²) in [5.41, 5.74) is 3.04. The van der Waals surface area contributed by atoms with Gasteiger partial charge in [0.2, 0.25) is 5.95 Å². The van der Waals surface area contributed by atoms with Crippen LogP contribution < -0.4 is 5.32 Å². The fourth-order valence-corrected chi connectivity index (χ4v) is 2.39. The zero-order valence-electron chi connectivity index (χ0n) is 10.6. The van der Waals surface area contributed by atoms with Crippen LogP contribution in [-0.2, 0) is 0 Å². The third-order valence-electron chi connectivity index (χ3n) is 2.87. The molecule has 3 nitrogen and oxygen atoms in total. The lowest BCUT2D eigenvalue weighted by Crippen LogP contribution is -1.96. The minimum atomic E-state index is 0.590. The predicted octanol–water partition coefficient (Wildman–Crippen LogP) is 4.65. The Kier molecular flexibility index (Phi) is 3.74. The van der Waals surface area contributed by atoms with Crippen LogP contribution >= 0.6 is 15.9 Å². The Bertz CT molecular complexity index is 696. The lowest BCUT2D eigenvalue weighted by atomic mass is 10.1. The summed E-state index contributed by atoms with van der Waals surface area (Å²) in [5.74, 6) is 0.590. The molecule has 20 heavy (non-hydrogen) atoms. The first-order valence-corrected chi connectivity index (χ1v) is 7.01. The van der Waals surface area contributed by atoms with E-state index in [0.29, 0.717) is 5.95 Å². The molecule has 0 radical (unpaired) electrons. The molecule has 1 heterocycles. The second-order valence-electron chi connectivity index (χ2n) is 4.27. The van der Waals surface area contributed by atoms with Crippen molar-refractivity contribution < 1.29 is 0 Å². The zero-order chi connectivity index (χ0) is 13.8. The number of anilines is 2. The molecule has 0 spiro atoms.